The lowest BCUT2D eigenvalue weighted by Gasteiger charge is -2.11. The van der Waals surface area contributed by atoms with Crippen LogP contribution in [0.3, 0.4) is 0 Å². The molecule has 0 bridgehead atoms. The number of hydrogen-bond donors (Lipinski definition) is 1. The van der Waals surface area contributed by atoms with Crippen molar-refractivity contribution in [3.05, 3.63) is 45.9 Å². The van der Waals surface area contributed by atoms with Crippen LogP contribution < -0.4 is 10.9 Å². The molecule has 1 aromatic carbocycles. The maximum atomic E-state index is 12.6. The Labute approximate surface area is 162 Å². The number of carbonyl (C=O) groups is 1. The molecule has 1 amide bonds. The van der Waals surface area contributed by atoms with Crippen molar-refractivity contribution in [3.63, 3.8) is 0 Å². The fourth-order valence-corrected chi connectivity index (χ4v) is 4.87. The molecule has 138 valence electrons. The standard InChI is InChI=1S/C19H23N3O2S2/c1-4-13-6-8-14(9-7-13)20-16(23)11-25-19-21-15-10-12(3)26-17(15)18(24)22(19)5-2/h6-9,12H,4-5,10-11H2,1-3H3,(H,20,23)/t12-/m0/s1. The minimum atomic E-state index is -0.0978. The van der Waals surface area contributed by atoms with Crippen molar-refractivity contribution in [3.8, 4) is 0 Å². The minimum Gasteiger partial charge on any atom is -0.325 e. The molecule has 2 heterocycles. The summed E-state index contributed by atoms with van der Waals surface area (Å²) in [6.07, 6.45) is 1.78. The molecule has 7 heteroatoms. The summed E-state index contributed by atoms with van der Waals surface area (Å²) in [5.74, 6) is 0.128. The van der Waals surface area contributed by atoms with Crippen LogP contribution in [0.1, 0.15) is 32.0 Å². The van der Waals surface area contributed by atoms with Crippen molar-refractivity contribution in [2.45, 2.75) is 55.5 Å². The number of nitrogens with zero attached hydrogens (tertiary/aromatic N) is 2. The van der Waals surface area contributed by atoms with Crippen LogP contribution in [0.2, 0.25) is 0 Å². The summed E-state index contributed by atoms with van der Waals surface area (Å²) in [6.45, 7) is 6.68. The molecule has 0 unspecified atom stereocenters. The zero-order chi connectivity index (χ0) is 18.7. The van der Waals surface area contributed by atoms with Crippen LogP contribution in [0.15, 0.2) is 39.1 Å². The molecule has 1 aliphatic heterocycles. The second-order valence-electron chi connectivity index (χ2n) is 6.24. The van der Waals surface area contributed by atoms with Crippen LogP contribution in [0.5, 0.6) is 0 Å². The molecule has 26 heavy (non-hydrogen) atoms. The SMILES string of the molecule is CCc1ccc(NC(=O)CSc2nc3c(c(=O)n2CC)S[C@@H](C)C3)cc1. The number of hydrogen-bond acceptors (Lipinski definition) is 5. The molecule has 0 aliphatic carbocycles. The Kier molecular flexibility index (Phi) is 6.09. The molecular formula is C19H23N3O2S2. The van der Waals surface area contributed by atoms with Gasteiger partial charge in [-0.3, -0.25) is 14.2 Å². The Morgan fingerprint density at radius 1 is 1.35 bits per heavy atom. The third-order valence-corrected chi connectivity index (χ3v) is 6.45. The highest BCUT2D eigenvalue weighted by Crippen LogP contribution is 2.34. The zero-order valence-electron chi connectivity index (χ0n) is 15.2. The van der Waals surface area contributed by atoms with Gasteiger partial charge < -0.3 is 5.32 Å². The molecule has 3 rings (SSSR count). The Morgan fingerprint density at radius 3 is 2.73 bits per heavy atom. The van der Waals surface area contributed by atoms with Gasteiger partial charge in [-0.1, -0.05) is 37.7 Å². The van der Waals surface area contributed by atoms with Crippen molar-refractivity contribution in [2.24, 2.45) is 0 Å². The van der Waals surface area contributed by atoms with Gasteiger partial charge in [0.2, 0.25) is 5.91 Å². The molecule has 1 aliphatic rings. The van der Waals surface area contributed by atoms with E-state index in [9.17, 15) is 9.59 Å². The Hall–Kier alpha value is -1.73. The van der Waals surface area contributed by atoms with Crippen LogP contribution in [-0.4, -0.2) is 26.5 Å². The molecule has 1 N–H and O–H groups in total. The summed E-state index contributed by atoms with van der Waals surface area (Å²) in [4.78, 5) is 30.3. The molecule has 2 aromatic rings. The second-order valence-corrected chi connectivity index (χ2v) is 8.63. The van der Waals surface area contributed by atoms with Crippen LogP contribution in [0.25, 0.3) is 0 Å². The fourth-order valence-electron chi connectivity index (χ4n) is 2.87. The van der Waals surface area contributed by atoms with Gasteiger partial charge >= 0.3 is 0 Å². The molecule has 0 saturated carbocycles. The summed E-state index contributed by atoms with van der Waals surface area (Å²) in [6, 6.07) is 7.85. The second kappa shape index (κ2) is 8.31. The molecule has 0 fully saturated rings. The van der Waals surface area contributed by atoms with E-state index in [1.54, 1.807) is 16.3 Å². The monoisotopic (exact) mass is 389 g/mol. The molecule has 0 spiro atoms. The van der Waals surface area contributed by atoms with Crippen molar-refractivity contribution in [2.75, 3.05) is 11.1 Å². The predicted octanol–water partition coefficient (Wildman–Crippen LogP) is 3.59. The first-order valence-corrected chi connectivity index (χ1v) is 10.7. The average molecular weight is 390 g/mol. The van der Waals surface area contributed by atoms with Gasteiger partial charge in [0.1, 0.15) is 0 Å². The lowest BCUT2D eigenvalue weighted by molar-refractivity contribution is -0.113. The maximum absolute atomic E-state index is 12.6. The highest BCUT2D eigenvalue weighted by molar-refractivity contribution is 8.00. The van der Waals surface area contributed by atoms with Gasteiger partial charge in [0, 0.05) is 23.9 Å². The average Bonchev–Trinajstić information content (AvgIpc) is 3.01. The quantitative estimate of drug-likeness (QED) is 0.604. The van der Waals surface area contributed by atoms with E-state index < -0.39 is 0 Å². The highest BCUT2D eigenvalue weighted by Gasteiger charge is 2.26. The molecule has 0 radical (unpaired) electrons. The summed E-state index contributed by atoms with van der Waals surface area (Å²) in [7, 11) is 0. The van der Waals surface area contributed by atoms with E-state index in [4.69, 9.17) is 0 Å². The number of amides is 1. The summed E-state index contributed by atoms with van der Waals surface area (Å²) < 4.78 is 1.66. The van der Waals surface area contributed by atoms with Crippen LogP contribution in [0, 0.1) is 0 Å². The van der Waals surface area contributed by atoms with Gasteiger partial charge in [0.15, 0.2) is 5.16 Å². The van der Waals surface area contributed by atoms with E-state index >= 15 is 0 Å². The molecule has 0 saturated heterocycles. The number of rotatable bonds is 6. The molecule has 5 nitrogen and oxygen atoms in total. The number of fused-ring (bicyclic) bond motifs is 1. The smallest absolute Gasteiger partial charge is 0.268 e. The van der Waals surface area contributed by atoms with Gasteiger partial charge in [-0.05, 0) is 31.0 Å². The van der Waals surface area contributed by atoms with Gasteiger partial charge in [-0.15, -0.1) is 11.8 Å². The number of thioether (sulfide) groups is 2. The maximum Gasteiger partial charge on any atom is 0.268 e. The summed E-state index contributed by atoms with van der Waals surface area (Å²) in [5.41, 5.74) is 2.91. The Bertz CT molecular complexity index is 862. The lowest BCUT2D eigenvalue weighted by atomic mass is 10.1. The van der Waals surface area contributed by atoms with Gasteiger partial charge in [-0.25, -0.2) is 4.98 Å². The number of benzene rings is 1. The van der Waals surface area contributed by atoms with E-state index in [1.807, 2.05) is 31.2 Å². The van der Waals surface area contributed by atoms with Gasteiger partial charge in [-0.2, -0.15) is 0 Å². The topological polar surface area (TPSA) is 64.0 Å². The van der Waals surface area contributed by atoms with Crippen LogP contribution >= 0.6 is 23.5 Å². The molecular weight excluding hydrogens is 366 g/mol. The van der Waals surface area contributed by atoms with E-state index in [1.165, 1.54) is 17.3 Å². The van der Waals surface area contributed by atoms with Crippen molar-refractivity contribution in [1.29, 1.82) is 0 Å². The summed E-state index contributed by atoms with van der Waals surface area (Å²) in [5, 5.41) is 3.90. The first-order chi connectivity index (χ1) is 12.5. The number of nitrogens with one attached hydrogen (secondary N) is 1. The Balaban J connectivity index is 1.69. The zero-order valence-corrected chi connectivity index (χ0v) is 16.9. The van der Waals surface area contributed by atoms with Gasteiger partial charge in [0.05, 0.1) is 16.3 Å². The predicted molar refractivity (Wildman–Crippen MR) is 108 cm³/mol. The molecule has 1 atom stereocenters. The first-order valence-electron chi connectivity index (χ1n) is 8.83. The third kappa shape index (κ3) is 4.15. The minimum absolute atomic E-state index is 0.0184. The molecule has 1 aromatic heterocycles. The van der Waals surface area contributed by atoms with E-state index in [0.717, 1.165) is 29.1 Å². The largest absolute Gasteiger partial charge is 0.325 e. The van der Waals surface area contributed by atoms with Crippen molar-refractivity contribution < 1.29 is 4.79 Å². The van der Waals surface area contributed by atoms with Crippen molar-refractivity contribution >= 4 is 35.1 Å². The lowest BCUT2D eigenvalue weighted by Crippen LogP contribution is -2.25. The Morgan fingerprint density at radius 2 is 2.08 bits per heavy atom. The fraction of sp³-hybridized carbons (Fsp3) is 0.421. The highest BCUT2D eigenvalue weighted by atomic mass is 32.2. The number of aromatic nitrogens is 2. The third-order valence-electron chi connectivity index (χ3n) is 4.26. The van der Waals surface area contributed by atoms with E-state index in [2.05, 4.69) is 24.1 Å². The van der Waals surface area contributed by atoms with Gasteiger partial charge in [0.25, 0.3) is 5.56 Å². The van der Waals surface area contributed by atoms with E-state index in [0.29, 0.717) is 17.0 Å². The normalized spacial score (nSPS) is 15.7. The number of aryl methyl sites for hydroxylation is 1. The summed E-state index contributed by atoms with van der Waals surface area (Å²) >= 11 is 2.92. The van der Waals surface area contributed by atoms with Crippen LogP contribution in [-0.2, 0) is 24.2 Å². The van der Waals surface area contributed by atoms with Crippen molar-refractivity contribution in [1.82, 2.24) is 9.55 Å². The number of carbonyl (C=O) groups excluding carboxylic acids is 1. The first kappa shape index (κ1) is 19.0. The van der Waals surface area contributed by atoms with E-state index in [-0.39, 0.29) is 17.2 Å². The number of anilines is 1. The van der Waals surface area contributed by atoms with Crippen LogP contribution in [0.4, 0.5) is 5.69 Å².